The first-order valence-electron chi connectivity index (χ1n) is 7.76. The molecule has 23 heavy (non-hydrogen) atoms. The number of imidazole rings is 1. The van der Waals surface area contributed by atoms with Gasteiger partial charge in [-0.25, -0.2) is 4.98 Å². The van der Waals surface area contributed by atoms with Gasteiger partial charge in [-0.15, -0.1) is 0 Å². The Morgan fingerprint density at radius 1 is 1.39 bits per heavy atom. The van der Waals surface area contributed by atoms with E-state index in [2.05, 4.69) is 49.2 Å². The SMILES string of the molecule is Cc1nccn1CC1CCC(N(C)c2ccccc2I)=CC1=O. The Labute approximate surface area is 150 Å². The summed E-state index contributed by atoms with van der Waals surface area (Å²) in [5.41, 5.74) is 2.24. The molecule has 4 nitrogen and oxygen atoms in total. The number of para-hydroxylation sites is 1. The molecule has 1 unspecified atom stereocenters. The highest BCUT2D eigenvalue weighted by Crippen LogP contribution is 2.30. The molecule has 1 atom stereocenters. The molecule has 1 heterocycles. The van der Waals surface area contributed by atoms with Crippen molar-refractivity contribution in [1.82, 2.24) is 9.55 Å². The van der Waals surface area contributed by atoms with Gasteiger partial charge in [-0.05, 0) is 54.5 Å². The maximum absolute atomic E-state index is 12.5. The van der Waals surface area contributed by atoms with Crippen molar-refractivity contribution < 1.29 is 4.79 Å². The Morgan fingerprint density at radius 2 is 2.17 bits per heavy atom. The quantitative estimate of drug-likeness (QED) is 0.706. The van der Waals surface area contributed by atoms with E-state index in [9.17, 15) is 4.79 Å². The molecule has 0 bridgehead atoms. The van der Waals surface area contributed by atoms with Gasteiger partial charge in [0.05, 0.1) is 5.69 Å². The molecule has 1 aromatic heterocycles. The van der Waals surface area contributed by atoms with Crippen LogP contribution < -0.4 is 4.90 Å². The number of rotatable bonds is 4. The van der Waals surface area contributed by atoms with Gasteiger partial charge in [0.15, 0.2) is 5.78 Å². The summed E-state index contributed by atoms with van der Waals surface area (Å²) in [6.45, 7) is 2.70. The highest BCUT2D eigenvalue weighted by atomic mass is 127. The number of aryl methyl sites for hydroxylation is 1. The fourth-order valence-corrected chi connectivity index (χ4v) is 3.73. The molecule has 0 fully saturated rings. The molecular formula is C18H20IN3O. The summed E-state index contributed by atoms with van der Waals surface area (Å²) in [5.74, 6) is 1.23. The second kappa shape index (κ2) is 6.86. The average Bonchev–Trinajstić information content (AvgIpc) is 2.94. The van der Waals surface area contributed by atoms with Crippen LogP contribution in [0.4, 0.5) is 5.69 Å². The van der Waals surface area contributed by atoms with Gasteiger partial charge in [-0.1, -0.05) is 12.1 Å². The van der Waals surface area contributed by atoms with Crippen molar-refractivity contribution in [2.75, 3.05) is 11.9 Å². The van der Waals surface area contributed by atoms with E-state index in [0.717, 1.165) is 36.6 Å². The van der Waals surface area contributed by atoms with E-state index in [1.165, 1.54) is 3.57 Å². The number of benzene rings is 1. The van der Waals surface area contributed by atoms with Crippen LogP contribution in [0.5, 0.6) is 0 Å². The summed E-state index contributed by atoms with van der Waals surface area (Å²) < 4.78 is 3.25. The second-order valence-electron chi connectivity index (χ2n) is 5.91. The van der Waals surface area contributed by atoms with Crippen LogP contribution in [0.2, 0.25) is 0 Å². The predicted molar refractivity (Wildman–Crippen MR) is 100 cm³/mol. The maximum Gasteiger partial charge on any atom is 0.162 e. The molecule has 2 aromatic rings. The zero-order chi connectivity index (χ0) is 16.4. The number of allylic oxidation sites excluding steroid dienone is 2. The van der Waals surface area contributed by atoms with Gasteiger partial charge in [0.1, 0.15) is 5.82 Å². The lowest BCUT2D eigenvalue weighted by Crippen LogP contribution is -2.28. The van der Waals surface area contributed by atoms with E-state index in [-0.39, 0.29) is 11.7 Å². The van der Waals surface area contributed by atoms with Crippen molar-refractivity contribution in [2.24, 2.45) is 5.92 Å². The van der Waals surface area contributed by atoms with Gasteiger partial charge in [-0.2, -0.15) is 0 Å². The van der Waals surface area contributed by atoms with E-state index < -0.39 is 0 Å². The highest BCUT2D eigenvalue weighted by Gasteiger charge is 2.25. The topological polar surface area (TPSA) is 38.1 Å². The van der Waals surface area contributed by atoms with Gasteiger partial charge >= 0.3 is 0 Å². The summed E-state index contributed by atoms with van der Waals surface area (Å²) in [7, 11) is 2.04. The molecule has 0 aliphatic heterocycles. The van der Waals surface area contributed by atoms with Crippen LogP contribution in [0.15, 0.2) is 48.4 Å². The molecule has 1 aliphatic carbocycles. The van der Waals surface area contributed by atoms with E-state index >= 15 is 0 Å². The Kier molecular flexibility index (Phi) is 4.84. The van der Waals surface area contributed by atoms with Crippen molar-refractivity contribution >= 4 is 34.1 Å². The molecule has 1 aromatic carbocycles. The van der Waals surface area contributed by atoms with Crippen molar-refractivity contribution in [2.45, 2.75) is 26.3 Å². The van der Waals surface area contributed by atoms with Gasteiger partial charge < -0.3 is 9.47 Å². The smallest absolute Gasteiger partial charge is 0.162 e. The van der Waals surface area contributed by atoms with Crippen LogP contribution in [-0.4, -0.2) is 22.4 Å². The van der Waals surface area contributed by atoms with Gasteiger partial charge in [-0.3, -0.25) is 4.79 Å². The van der Waals surface area contributed by atoms with E-state index in [1.54, 1.807) is 6.20 Å². The lowest BCUT2D eigenvalue weighted by molar-refractivity contribution is -0.119. The number of nitrogens with zero attached hydrogens (tertiary/aromatic N) is 3. The number of hydrogen-bond donors (Lipinski definition) is 0. The summed E-state index contributed by atoms with van der Waals surface area (Å²) in [5, 5.41) is 0. The Hall–Kier alpha value is -1.63. The number of ketones is 1. The van der Waals surface area contributed by atoms with Crippen molar-refractivity contribution in [3.05, 3.63) is 57.8 Å². The molecule has 120 valence electrons. The summed E-state index contributed by atoms with van der Waals surface area (Å²) in [6, 6.07) is 8.24. The number of anilines is 1. The molecule has 1 aliphatic rings. The largest absolute Gasteiger partial charge is 0.347 e. The Balaban J connectivity index is 1.75. The molecule has 0 amide bonds. The number of carbonyl (C=O) groups excluding carboxylic acids is 1. The molecule has 0 saturated carbocycles. The summed E-state index contributed by atoms with van der Waals surface area (Å²) in [4.78, 5) is 18.9. The molecule has 0 N–H and O–H groups in total. The molecule has 5 heteroatoms. The van der Waals surface area contributed by atoms with Crippen LogP contribution in [-0.2, 0) is 11.3 Å². The van der Waals surface area contributed by atoms with Crippen LogP contribution in [0.1, 0.15) is 18.7 Å². The Bertz CT molecular complexity index is 750. The maximum atomic E-state index is 12.5. The monoisotopic (exact) mass is 421 g/mol. The van der Waals surface area contributed by atoms with Crippen LogP contribution >= 0.6 is 22.6 Å². The molecule has 0 spiro atoms. The van der Waals surface area contributed by atoms with Gasteiger partial charge in [0, 0.05) is 47.2 Å². The third kappa shape index (κ3) is 3.49. The first kappa shape index (κ1) is 16.2. The molecule has 3 rings (SSSR count). The van der Waals surface area contributed by atoms with E-state index in [4.69, 9.17) is 0 Å². The van der Waals surface area contributed by atoms with Crippen molar-refractivity contribution in [3.63, 3.8) is 0 Å². The van der Waals surface area contributed by atoms with Crippen LogP contribution in [0.25, 0.3) is 0 Å². The van der Waals surface area contributed by atoms with Crippen molar-refractivity contribution in [3.8, 4) is 0 Å². The lowest BCUT2D eigenvalue weighted by Gasteiger charge is -2.29. The summed E-state index contributed by atoms with van der Waals surface area (Å²) in [6.07, 6.45) is 7.36. The Morgan fingerprint density at radius 3 is 2.83 bits per heavy atom. The zero-order valence-corrected chi connectivity index (χ0v) is 15.5. The third-order valence-corrected chi connectivity index (χ3v) is 5.36. The van der Waals surface area contributed by atoms with Crippen LogP contribution in [0, 0.1) is 16.4 Å². The fraction of sp³-hybridized carbons (Fsp3) is 0.333. The molecular weight excluding hydrogens is 401 g/mol. The van der Waals surface area contributed by atoms with E-state index in [1.807, 2.05) is 38.4 Å². The highest BCUT2D eigenvalue weighted by molar-refractivity contribution is 14.1. The average molecular weight is 421 g/mol. The molecule has 0 saturated heterocycles. The zero-order valence-electron chi connectivity index (χ0n) is 13.4. The first-order valence-corrected chi connectivity index (χ1v) is 8.84. The summed E-state index contributed by atoms with van der Waals surface area (Å²) >= 11 is 2.33. The normalized spacial score (nSPS) is 18.0. The number of hydrogen-bond acceptors (Lipinski definition) is 3. The minimum atomic E-state index is 0.0508. The first-order chi connectivity index (χ1) is 11.1. The minimum absolute atomic E-state index is 0.0508. The fourth-order valence-electron chi connectivity index (χ4n) is 2.98. The second-order valence-corrected chi connectivity index (χ2v) is 7.07. The van der Waals surface area contributed by atoms with Gasteiger partial charge in [0.2, 0.25) is 0 Å². The van der Waals surface area contributed by atoms with E-state index in [0.29, 0.717) is 0 Å². The standard InChI is InChI=1S/C18H20IN3O/c1-13-20-9-10-22(13)12-14-7-8-15(11-18(14)23)21(2)17-6-4-3-5-16(17)19/h3-6,9-11,14H,7-8,12H2,1-2H3. The van der Waals surface area contributed by atoms with Crippen LogP contribution in [0.3, 0.4) is 0 Å². The predicted octanol–water partition coefficient (Wildman–Crippen LogP) is 3.80. The molecule has 0 radical (unpaired) electrons. The lowest BCUT2D eigenvalue weighted by atomic mass is 9.90. The van der Waals surface area contributed by atoms with Crippen molar-refractivity contribution in [1.29, 1.82) is 0 Å². The third-order valence-electron chi connectivity index (χ3n) is 4.45. The number of carbonyl (C=O) groups is 1. The number of aromatic nitrogens is 2. The minimum Gasteiger partial charge on any atom is -0.347 e. The number of halogens is 1. The van der Waals surface area contributed by atoms with Gasteiger partial charge in [0.25, 0.3) is 0 Å².